The highest BCUT2D eigenvalue weighted by Gasteiger charge is 2.21. The lowest BCUT2D eigenvalue weighted by atomic mass is 10.1. The van der Waals surface area contributed by atoms with Crippen molar-refractivity contribution in [2.75, 3.05) is 18.7 Å². The SMILES string of the molecule is COc1ccc(C(=O)C(C)OC(=O)c2ccc(N3CCC(C)=N3)cc2)cc1. The van der Waals surface area contributed by atoms with Crippen LogP contribution in [0.3, 0.4) is 0 Å². The van der Waals surface area contributed by atoms with Gasteiger partial charge < -0.3 is 9.47 Å². The van der Waals surface area contributed by atoms with Gasteiger partial charge >= 0.3 is 5.97 Å². The molecule has 0 saturated heterocycles. The van der Waals surface area contributed by atoms with Crippen LogP contribution in [0.2, 0.25) is 0 Å². The number of ether oxygens (including phenoxy) is 2. The van der Waals surface area contributed by atoms with Crippen LogP contribution in [0, 0.1) is 0 Å². The van der Waals surface area contributed by atoms with Crippen LogP contribution in [0.15, 0.2) is 53.6 Å². The minimum atomic E-state index is -0.878. The first kappa shape index (κ1) is 18.6. The van der Waals surface area contributed by atoms with Crippen molar-refractivity contribution >= 4 is 23.2 Å². The maximum Gasteiger partial charge on any atom is 0.338 e. The van der Waals surface area contributed by atoms with Gasteiger partial charge in [0.05, 0.1) is 18.4 Å². The van der Waals surface area contributed by atoms with Gasteiger partial charge in [-0.1, -0.05) is 0 Å². The largest absolute Gasteiger partial charge is 0.497 e. The molecule has 2 aromatic rings. The van der Waals surface area contributed by atoms with E-state index in [1.54, 1.807) is 50.4 Å². The lowest BCUT2D eigenvalue weighted by molar-refractivity contribution is 0.0319. The number of methoxy groups -OCH3 is 1. The summed E-state index contributed by atoms with van der Waals surface area (Å²) in [6.07, 6.45) is 0.0609. The van der Waals surface area contributed by atoms with Gasteiger partial charge in [-0.15, -0.1) is 0 Å². The second-order valence-corrected chi connectivity index (χ2v) is 6.40. The first-order chi connectivity index (χ1) is 13.0. The Morgan fingerprint density at radius 1 is 1.04 bits per heavy atom. The van der Waals surface area contributed by atoms with Crippen molar-refractivity contribution in [1.82, 2.24) is 0 Å². The molecule has 27 heavy (non-hydrogen) atoms. The van der Waals surface area contributed by atoms with Crippen LogP contribution in [0.1, 0.15) is 41.0 Å². The van der Waals surface area contributed by atoms with E-state index in [0.29, 0.717) is 16.9 Å². The summed E-state index contributed by atoms with van der Waals surface area (Å²) in [5, 5.41) is 6.33. The number of esters is 1. The Kier molecular flexibility index (Phi) is 5.54. The number of ketones is 1. The molecule has 1 unspecified atom stereocenters. The van der Waals surface area contributed by atoms with Crippen LogP contribution in [0.4, 0.5) is 5.69 Å². The second kappa shape index (κ2) is 8.03. The summed E-state index contributed by atoms with van der Waals surface area (Å²) in [5.41, 5.74) is 2.87. The molecular weight excluding hydrogens is 344 g/mol. The van der Waals surface area contributed by atoms with E-state index in [0.717, 1.165) is 24.4 Å². The van der Waals surface area contributed by atoms with Crippen LogP contribution in [0.25, 0.3) is 0 Å². The predicted octanol–water partition coefficient (Wildman–Crippen LogP) is 3.71. The molecule has 0 spiro atoms. The van der Waals surface area contributed by atoms with E-state index >= 15 is 0 Å². The molecule has 0 bridgehead atoms. The molecule has 0 N–H and O–H groups in total. The standard InChI is InChI=1S/C21H22N2O4/c1-14-12-13-23(22-14)18-8-4-17(5-9-18)21(25)27-15(2)20(24)16-6-10-19(26-3)11-7-16/h4-11,15H,12-13H2,1-3H3. The lowest BCUT2D eigenvalue weighted by Crippen LogP contribution is -2.24. The fraction of sp³-hybridized carbons (Fsp3) is 0.286. The second-order valence-electron chi connectivity index (χ2n) is 6.40. The summed E-state index contributed by atoms with van der Waals surface area (Å²) in [6, 6.07) is 13.7. The summed E-state index contributed by atoms with van der Waals surface area (Å²) in [5.74, 6) is -0.129. The minimum absolute atomic E-state index is 0.260. The van der Waals surface area contributed by atoms with E-state index in [2.05, 4.69) is 5.10 Å². The Morgan fingerprint density at radius 2 is 1.67 bits per heavy atom. The Hall–Kier alpha value is -3.15. The van der Waals surface area contributed by atoms with Crippen LogP contribution in [-0.2, 0) is 4.74 Å². The number of hydrazone groups is 1. The molecule has 1 aliphatic heterocycles. The third-order valence-corrected chi connectivity index (χ3v) is 4.41. The molecule has 1 atom stereocenters. The molecule has 0 aromatic heterocycles. The first-order valence-corrected chi connectivity index (χ1v) is 8.79. The molecule has 6 heteroatoms. The Balaban J connectivity index is 1.62. The maximum atomic E-state index is 12.4. The zero-order chi connectivity index (χ0) is 19.4. The van der Waals surface area contributed by atoms with Crippen molar-refractivity contribution in [3.05, 3.63) is 59.7 Å². The Labute approximate surface area is 158 Å². The highest BCUT2D eigenvalue weighted by molar-refractivity contribution is 6.01. The third-order valence-electron chi connectivity index (χ3n) is 4.41. The van der Waals surface area contributed by atoms with Gasteiger partial charge in [-0.2, -0.15) is 5.10 Å². The van der Waals surface area contributed by atoms with Crippen molar-refractivity contribution in [2.45, 2.75) is 26.4 Å². The minimum Gasteiger partial charge on any atom is -0.497 e. The van der Waals surface area contributed by atoms with Gasteiger partial charge in [0, 0.05) is 24.2 Å². The highest BCUT2D eigenvalue weighted by atomic mass is 16.5. The smallest absolute Gasteiger partial charge is 0.338 e. The van der Waals surface area contributed by atoms with Gasteiger partial charge in [-0.25, -0.2) is 4.79 Å². The summed E-state index contributed by atoms with van der Waals surface area (Å²) < 4.78 is 10.4. The van der Waals surface area contributed by atoms with Gasteiger partial charge in [-0.05, 0) is 62.4 Å². The fourth-order valence-electron chi connectivity index (χ4n) is 2.80. The van der Waals surface area contributed by atoms with Crippen molar-refractivity contribution in [2.24, 2.45) is 5.10 Å². The Bertz CT molecular complexity index is 857. The fourth-order valence-corrected chi connectivity index (χ4v) is 2.80. The van der Waals surface area contributed by atoms with E-state index in [-0.39, 0.29) is 5.78 Å². The molecule has 6 nitrogen and oxygen atoms in total. The van der Waals surface area contributed by atoms with Crippen LogP contribution < -0.4 is 9.75 Å². The third kappa shape index (κ3) is 4.34. The maximum absolute atomic E-state index is 12.4. The molecule has 140 valence electrons. The molecular formula is C21H22N2O4. The number of carbonyl (C=O) groups is 2. The van der Waals surface area contributed by atoms with Gasteiger partial charge in [0.15, 0.2) is 6.10 Å². The first-order valence-electron chi connectivity index (χ1n) is 8.79. The van der Waals surface area contributed by atoms with Crippen molar-refractivity contribution in [3.8, 4) is 5.75 Å². The van der Waals surface area contributed by atoms with E-state index in [1.165, 1.54) is 0 Å². The molecule has 1 heterocycles. The topological polar surface area (TPSA) is 68.2 Å². The van der Waals surface area contributed by atoms with Gasteiger partial charge in [0.2, 0.25) is 5.78 Å². The summed E-state index contributed by atoms with van der Waals surface area (Å²) in [4.78, 5) is 24.8. The Morgan fingerprint density at radius 3 is 2.22 bits per heavy atom. The number of benzene rings is 2. The van der Waals surface area contributed by atoms with E-state index in [4.69, 9.17) is 9.47 Å². The van der Waals surface area contributed by atoms with Crippen LogP contribution in [-0.4, -0.2) is 37.2 Å². The number of Topliss-reactive ketones (excluding diaryl/α,β-unsaturated/α-hetero) is 1. The number of nitrogens with zero attached hydrogens (tertiary/aromatic N) is 2. The van der Waals surface area contributed by atoms with Crippen LogP contribution in [0.5, 0.6) is 5.75 Å². The van der Waals surface area contributed by atoms with E-state index < -0.39 is 12.1 Å². The average Bonchev–Trinajstić information content (AvgIpc) is 3.14. The number of hydrogen-bond acceptors (Lipinski definition) is 6. The quantitative estimate of drug-likeness (QED) is 0.576. The van der Waals surface area contributed by atoms with Crippen molar-refractivity contribution in [3.63, 3.8) is 0 Å². The predicted molar refractivity (Wildman–Crippen MR) is 104 cm³/mol. The van der Waals surface area contributed by atoms with E-state index in [1.807, 2.05) is 24.1 Å². The van der Waals surface area contributed by atoms with Gasteiger partial charge in [0.25, 0.3) is 0 Å². The summed E-state index contributed by atoms with van der Waals surface area (Å²) >= 11 is 0. The molecule has 1 aliphatic rings. The average molecular weight is 366 g/mol. The monoisotopic (exact) mass is 366 g/mol. The summed E-state index contributed by atoms with van der Waals surface area (Å²) in [7, 11) is 1.56. The normalized spacial score (nSPS) is 14.5. The molecule has 0 fully saturated rings. The van der Waals surface area contributed by atoms with Crippen molar-refractivity contribution < 1.29 is 19.1 Å². The zero-order valence-corrected chi connectivity index (χ0v) is 15.6. The number of hydrogen-bond donors (Lipinski definition) is 0. The van der Waals surface area contributed by atoms with Gasteiger partial charge in [-0.3, -0.25) is 9.80 Å². The van der Waals surface area contributed by atoms with Crippen LogP contribution >= 0.6 is 0 Å². The molecule has 0 aliphatic carbocycles. The number of anilines is 1. The molecule has 2 aromatic carbocycles. The number of carbonyl (C=O) groups excluding carboxylic acids is 2. The zero-order valence-electron chi connectivity index (χ0n) is 15.6. The van der Waals surface area contributed by atoms with E-state index in [9.17, 15) is 9.59 Å². The highest BCUT2D eigenvalue weighted by Crippen LogP contribution is 2.21. The molecule has 0 saturated carbocycles. The van der Waals surface area contributed by atoms with Crippen molar-refractivity contribution in [1.29, 1.82) is 0 Å². The lowest BCUT2D eigenvalue weighted by Gasteiger charge is -2.15. The number of rotatable bonds is 6. The van der Waals surface area contributed by atoms with Gasteiger partial charge in [0.1, 0.15) is 5.75 Å². The summed E-state index contributed by atoms with van der Waals surface area (Å²) in [6.45, 7) is 4.40. The molecule has 0 amide bonds. The molecule has 0 radical (unpaired) electrons. The molecule has 3 rings (SSSR count).